The molecule has 0 bridgehead atoms. The van der Waals surface area contributed by atoms with Crippen LogP contribution in [0.3, 0.4) is 0 Å². The van der Waals surface area contributed by atoms with E-state index in [1.165, 1.54) is 29.0 Å². The van der Waals surface area contributed by atoms with Gasteiger partial charge in [0.1, 0.15) is 17.5 Å². The van der Waals surface area contributed by atoms with E-state index >= 15 is 0 Å². The number of alkyl halides is 1. The molecule has 8 heteroatoms. The number of nitrogens with zero attached hydrogens (tertiary/aromatic N) is 3. The van der Waals surface area contributed by atoms with Crippen molar-refractivity contribution in [3.05, 3.63) is 71.4 Å². The van der Waals surface area contributed by atoms with Crippen molar-refractivity contribution < 1.29 is 9.18 Å². The Morgan fingerprint density at radius 1 is 1.10 bits per heavy atom. The smallest absolute Gasteiger partial charge is 0.240 e. The Bertz CT molecular complexity index is 1150. The number of carbonyl (C=O) groups excluding carboxylic acids is 1. The first kappa shape index (κ1) is 19.3. The predicted molar refractivity (Wildman–Crippen MR) is 114 cm³/mol. The number of amides is 1. The zero-order valence-electron chi connectivity index (χ0n) is 15.4. The van der Waals surface area contributed by atoms with Crippen LogP contribution < -0.4 is 5.32 Å². The normalized spacial score (nSPS) is 10.9. The number of aromatic nitrogens is 3. The fraction of sp³-hybridized carbons (Fsp3) is 0.0952. The Balaban J connectivity index is 1.74. The second-order valence-corrected chi connectivity index (χ2v) is 7.50. The molecule has 0 unspecified atom stereocenters. The molecule has 2 aromatic heterocycles. The van der Waals surface area contributed by atoms with Gasteiger partial charge in [0, 0.05) is 22.6 Å². The minimum absolute atomic E-state index is 0.177. The molecular weight excluding hydrogens is 411 g/mol. The molecule has 0 aliphatic carbocycles. The molecule has 4 rings (SSSR count). The van der Waals surface area contributed by atoms with Crippen LogP contribution in [0.5, 0.6) is 0 Å². The minimum atomic E-state index is -0.353. The van der Waals surface area contributed by atoms with E-state index in [1.54, 1.807) is 22.9 Å². The number of halogens is 2. The lowest BCUT2D eigenvalue weighted by molar-refractivity contribution is -0.114. The van der Waals surface area contributed by atoms with Crippen LogP contribution >= 0.6 is 22.9 Å². The number of rotatable bonds is 5. The van der Waals surface area contributed by atoms with Crippen LogP contribution in [0.15, 0.2) is 60.0 Å². The second-order valence-electron chi connectivity index (χ2n) is 6.40. The Morgan fingerprint density at radius 3 is 2.45 bits per heavy atom. The maximum absolute atomic E-state index is 13.3. The number of hydrogen-bond donors (Lipinski definition) is 1. The van der Waals surface area contributed by atoms with Crippen molar-refractivity contribution in [2.45, 2.75) is 6.92 Å². The van der Waals surface area contributed by atoms with Gasteiger partial charge in [0.2, 0.25) is 11.0 Å². The predicted octanol–water partition coefficient (Wildman–Crippen LogP) is 5.29. The Labute approximate surface area is 175 Å². The number of thiazole rings is 1. The topological polar surface area (TPSA) is 59.8 Å². The highest BCUT2D eigenvalue weighted by Crippen LogP contribution is 2.29. The van der Waals surface area contributed by atoms with E-state index in [0.29, 0.717) is 16.6 Å². The van der Waals surface area contributed by atoms with Gasteiger partial charge in [-0.3, -0.25) is 4.79 Å². The Kier molecular flexibility index (Phi) is 5.42. The van der Waals surface area contributed by atoms with E-state index in [2.05, 4.69) is 15.4 Å². The molecule has 0 atom stereocenters. The number of carbonyl (C=O) groups is 1. The van der Waals surface area contributed by atoms with E-state index in [-0.39, 0.29) is 17.6 Å². The van der Waals surface area contributed by atoms with Gasteiger partial charge in [-0.15, -0.1) is 22.9 Å². The molecule has 0 radical (unpaired) electrons. The zero-order chi connectivity index (χ0) is 20.4. The van der Waals surface area contributed by atoms with Crippen LogP contribution in [0.25, 0.3) is 27.6 Å². The Morgan fingerprint density at radius 2 is 1.76 bits per heavy atom. The van der Waals surface area contributed by atoms with Crippen molar-refractivity contribution in [1.29, 1.82) is 0 Å². The van der Waals surface area contributed by atoms with E-state index in [4.69, 9.17) is 11.6 Å². The molecule has 0 saturated carbocycles. The molecule has 1 N–H and O–H groups in total. The molecule has 29 heavy (non-hydrogen) atoms. The van der Waals surface area contributed by atoms with Crippen LogP contribution in [0.1, 0.15) is 5.56 Å². The molecular formula is C21H16ClFN4OS. The molecule has 0 aliphatic rings. The molecule has 146 valence electrons. The number of hydrogen-bond acceptors (Lipinski definition) is 4. The van der Waals surface area contributed by atoms with Gasteiger partial charge in [0.05, 0.1) is 11.4 Å². The molecule has 1 amide bonds. The zero-order valence-corrected chi connectivity index (χ0v) is 17.0. The fourth-order valence-corrected chi connectivity index (χ4v) is 3.64. The van der Waals surface area contributed by atoms with E-state index in [9.17, 15) is 9.18 Å². The quantitative estimate of drug-likeness (QED) is 0.441. The summed E-state index contributed by atoms with van der Waals surface area (Å²) in [5.41, 5.74) is 4.30. The lowest BCUT2D eigenvalue weighted by Crippen LogP contribution is -2.15. The minimum Gasteiger partial charge on any atom is -0.309 e. The summed E-state index contributed by atoms with van der Waals surface area (Å²) in [6.07, 6.45) is 0. The third-order valence-corrected chi connectivity index (χ3v) is 5.32. The lowest BCUT2D eigenvalue weighted by Gasteiger charge is -2.04. The summed E-state index contributed by atoms with van der Waals surface area (Å²) in [4.78, 5) is 16.5. The SMILES string of the molecule is Cc1ccc(-c2csc(-n3nc(-c4ccc(F)cc4)cc3NC(=O)CCl)n2)cc1. The van der Waals surface area contributed by atoms with Crippen LogP contribution in [0.4, 0.5) is 10.2 Å². The highest BCUT2D eigenvalue weighted by atomic mass is 35.5. The summed E-state index contributed by atoms with van der Waals surface area (Å²) in [6.45, 7) is 2.03. The number of nitrogens with one attached hydrogen (secondary N) is 1. The van der Waals surface area contributed by atoms with Gasteiger partial charge in [0.25, 0.3) is 0 Å². The molecule has 5 nitrogen and oxygen atoms in total. The number of benzene rings is 2. The summed E-state index contributed by atoms with van der Waals surface area (Å²) in [6, 6.07) is 15.8. The summed E-state index contributed by atoms with van der Waals surface area (Å²) in [7, 11) is 0. The summed E-state index contributed by atoms with van der Waals surface area (Å²) in [5, 5.41) is 9.85. The third kappa shape index (κ3) is 4.21. The van der Waals surface area contributed by atoms with Crippen molar-refractivity contribution in [2.75, 3.05) is 11.2 Å². The van der Waals surface area contributed by atoms with Crippen molar-refractivity contribution in [3.63, 3.8) is 0 Å². The first-order valence-corrected chi connectivity index (χ1v) is 10.2. The number of anilines is 1. The maximum Gasteiger partial charge on any atom is 0.240 e. The summed E-state index contributed by atoms with van der Waals surface area (Å²) in [5.74, 6) is -0.413. The molecule has 0 spiro atoms. The largest absolute Gasteiger partial charge is 0.309 e. The van der Waals surface area contributed by atoms with E-state index in [0.717, 1.165) is 16.8 Å². The molecule has 0 saturated heterocycles. The third-order valence-electron chi connectivity index (χ3n) is 4.26. The monoisotopic (exact) mass is 426 g/mol. The molecule has 2 heterocycles. The van der Waals surface area contributed by atoms with Crippen molar-refractivity contribution in [3.8, 4) is 27.6 Å². The molecule has 2 aromatic carbocycles. The average Bonchev–Trinajstić information content (AvgIpc) is 3.36. The van der Waals surface area contributed by atoms with Gasteiger partial charge in [-0.05, 0) is 31.2 Å². The van der Waals surface area contributed by atoms with Gasteiger partial charge in [0.15, 0.2) is 0 Å². The summed E-state index contributed by atoms with van der Waals surface area (Å²) < 4.78 is 14.8. The van der Waals surface area contributed by atoms with Gasteiger partial charge in [-0.2, -0.15) is 9.78 Å². The molecule has 4 aromatic rings. The number of aryl methyl sites for hydroxylation is 1. The van der Waals surface area contributed by atoms with Crippen molar-refractivity contribution in [1.82, 2.24) is 14.8 Å². The van der Waals surface area contributed by atoms with Crippen LogP contribution in [-0.4, -0.2) is 26.6 Å². The maximum atomic E-state index is 13.3. The van der Waals surface area contributed by atoms with Gasteiger partial charge in [-0.1, -0.05) is 29.8 Å². The van der Waals surface area contributed by atoms with Crippen LogP contribution in [0, 0.1) is 12.7 Å². The first-order chi connectivity index (χ1) is 14.0. The van der Waals surface area contributed by atoms with Crippen LogP contribution in [-0.2, 0) is 4.79 Å². The average molecular weight is 427 g/mol. The van der Waals surface area contributed by atoms with E-state index < -0.39 is 0 Å². The van der Waals surface area contributed by atoms with Crippen LogP contribution in [0.2, 0.25) is 0 Å². The van der Waals surface area contributed by atoms with Gasteiger partial charge in [-0.25, -0.2) is 9.37 Å². The van der Waals surface area contributed by atoms with Crippen molar-refractivity contribution >= 4 is 34.7 Å². The highest BCUT2D eigenvalue weighted by molar-refractivity contribution is 7.12. The molecule has 0 aliphatic heterocycles. The second kappa shape index (κ2) is 8.14. The van der Waals surface area contributed by atoms with Crippen molar-refractivity contribution in [2.24, 2.45) is 0 Å². The van der Waals surface area contributed by atoms with E-state index in [1.807, 2.05) is 36.6 Å². The fourth-order valence-electron chi connectivity index (χ4n) is 2.77. The molecule has 0 fully saturated rings. The first-order valence-electron chi connectivity index (χ1n) is 8.78. The highest BCUT2D eigenvalue weighted by Gasteiger charge is 2.16. The Hall–Kier alpha value is -3.03. The van der Waals surface area contributed by atoms with Gasteiger partial charge >= 0.3 is 0 Å². The standard InChI is InChI=1S/C21H16ClFN4OS/c1-13-2-4-15(5-3-13)18-12-29-21(24-18)27-19(25-20(28)11-22)10-17(26-27)14-6-8-16(23)9-7-14/h2-10,12H,11H2,1H3,(H,25,28). The summed E-state index contributed by atoms with van der Waals surface area (Å²) >= 11 is 7.05. The lowest BCUT2D eigenvalue weighted by atomic mass is 10.1. The van der Waals surface area contributed by atoms with Gasteiger partial charge < -0.3 is 5.32 Å².